The SMILES string of the molecule is CN(C)C(=O)Cn1ccc2cc(NC(=O)NCc3ccc(OC(F)F)cc3)ccc21. The first-order valence-electron chi connectivity index (χ1n) is 9.19. The van der Waals surface area contributed by atoms with Gasteiger partial charge in [-0.15, -0.1) is 0 Å². The molecule has 0 saturated carbocycles. The Labute approximate surface area is 172 Å². The number of benzene rings is 2. The van der Waals surface area contributed by atoms with Gasteiger partial charge in [0, 0.05) is 43.4 Å². The molecular formula is C21H22F2N4O3. The van der Waals surface area contributed by atoms with Crippen LogP contribution in [0.1, 0.15) is 5.56 Å². The van der Waals surface area contributed by atoms with Crippen LogP contribution in [-0.2, 0) is 17.9 Å². The molecule has 0 atom stereocenters. The maximum atomic E-state index is 12.2. The van der Waals surface area contributed by atoms with Crippen LogP contribution in [0.4, 0.5) is 19.3 Å². The summed E-state index contributed by atoms with van der Waals surface area (Å²) in [6.07, 6.45) is 1.83. The monoisotopic (exact) mass is 416 g/mol. The van der Waals surface area contributed by atoms with E-state index in [4.69, 9.17) is 0 Å². The molecule has 1 heterocycles. The summed E-state index contributed by atoms with van der Waals surface area (Å²) in [5.74, 6) is 0.0496. The number of hydrogen-bond donors (Lipinski definition) is 2. The van der Waals surface area contributed by atoms with Crippen LogP contribution in [0.5, 0.6) is 5.75 Å². The second-order valence-corrected chi connectivity index (χ2v) is 6.84. The predicted molar refractivity (Wildman–Crippen MR) is 110 cm³/mol. The van der Waals surface area contributed by atoms with Crippen LogP contribution < -0.4 is 15.4 Å². The van der Waals surface area contributed by atoms with E-state index in [1.807, 2.05) is 29.0 Å². The first kappa shape index (κ1) is 21.1. The Morgan fingerprint density at radius 2 is 1.83 bits per heavy atom. The van der Waals surface area contributed by atoms with Gasteiger partial charge in [-0.25, -0.2) is 4.79 Å². The Kier molecular flexibility index (Phi) is 6.51. The number of halogens is 2. The van der Waals surface area contributed by atoms with Crippen molar-refractivity contribution in [2.24, 2.45) is 0 Å². The number of carbonyl (C=O) groups is 2. The Morgan fingerprint density at radius 1 is 1.10 bits per heavy atom. The summed E-state index contributed by atoms with van der Waals surface area (Å²) >= 11 is 0. The number of fused-ring (bicyclic) bond motifs is 1. The van der Waals surface area contributed by atoms with Gasteiger partial charge in [-0.05, 0) is 42.0 Å². The average Bonchev–Trinajstić information content (AvgIpc) is 3.09. The number of nitrogens with one attached hydrogen (secondary N) is 2. The van der Waals surface area contributed by atoms with E-state index >= 15 is 0 Å². The quantitative estimate of drug-likeness (QED) is 0.617. The van der Waals surface area contributed by atoms with Crippen LogP contribution in [0.15, 0.2) is 54.7 Å². The van der Waals surface area contributed by atoms with Gasteiger partial charge in [0.15, 0.2) is 0 Å². The minimum Gasteiger partial charge on any atom is -0.435 e. The minimum absolute atomic E-state index is 0.0112. The number of anilines is 1. The summed E-state index contributed by atoms with van der Waals surface area (Å²) in [6.45, 7) is -2.40. The number of alkyl halides is 2. The molecular weight excluding hydrogens is 394 g/mol. The molecule has 0 bridgehead atoms. The average molecular weight is 416 g/mol. The van der Waals surface area contributed by atoms with Gasteiger partial charge in [0.05, 0.1) is 0 Å². The van der Waals surface area contributed by atoms with Crippen molar-refractivity contribution in [1.29, 1.82) is 0 Å². The van der Waals surface area contributed by atoms with Crippen molar-refractivity contribution in [2.45, 2.75) is 19.7 Å². The van der Waals surface area contributed by atoms with Crippen LogP contribution in [0.3, 0.4) is 0 Å². The predicted octanol–water partition coefficient (Wildman–Crippen LogP) is 3.65. The summed E-state index contributed by atoms with van der Waals surface area (Å²) < 4.78 is 30.5. The zero-order chi connectivity index (χ0) is 21.7. The van der Waals surface area contributed by atoms with Crippen molar-refractivity contribution in [3.8, 4) is 5.75 Å². The highest BCUT2D eigenvalue weighted by Crippen LogP contribution is 2.21. The van der Waals surface area contributed by atoms with Gasteiger partial charge < -0.3 is 24.8 Å². The molecule has 0 spiro atoms. The number of aromatic nitrogens is 1. The molecule has 3 aromatic rings. The van der Waals surface area contributed by atoms with E-state index in [0.717, 1.165) is 16.5 Å². The summed E-state index contributed by atoms with van der Waals surface area (Å²) in [6, 6.07) is 12.9. The lowest BCUT2D eigenvalue weighted by atomic mass is 10.2. The largest absolute Gasteiger partial charge is 0.435 e. The Bertz CT molecular complexity index is 1030. The highest BCUT2D eigenvalue weighted by Gasteiger charge is 2.09. The Hall–Kier alpha value is -3.62. The minimum atomic E-state index is -2.87. The third-order valence-corrected chi connectivity index (χ3v) is 4.43. The van der Waals surface area contributed by atoms with Crippen LogP contribution in [0, 0.1) is 0 Å². The van der Waals surface area contributed by atoms with Crippen molar-refractivity contribution < 1.29 is 23.1 Å². The fourth-order valence-electron chi connectivity index (χ4n) is 2.85. The molecule has 3 rings (SSSR count). The molecule has 0 aliphatic rings. The Balaban J connectivity index is 1.56. The number of likely N-dealkylation sites (N-methyl/N-ethyl adjacent to an activating group) is 1. The third kappa shape index (κ3) is 5.47. The zero-order valence-electron chi connectivity index (χ0n) is 16.6. The van der Waals surface area contributed by atoms with E-state index in [0.29, 0.717) is 5.69 Å². The lowest BCUT2D eigenvalue weighted by Gasteiger charge is -2.12. The van der Waals surface area contributed by atoms with E-state index in [9.17, 15) is 18.4 Å². The molecule has 0 aliphatic carbocycles. The number of ether oxygens (including phenoxy) is 1. The van der Waals surface area contributed by atoms with E-state index in [1.54, 1.807) is 32.3 Å². The molecule has 2 N–H and O–H groups in total. The standard InChI is InChI=1S/C21H22F2N4O3/c1-26(2)19(28)13-27-10-9-15-11-16(5-8-18(15)27)25-21(29)24-12-14-3-6-17(7-4-14)30-20(22)23/h3-11,20H,12-13H2,1-2H3,(H2,24,25,29). The smallest absolute Gasteiger partial charge is 0.387 e. The molecule has 158 valence electrons. The van der Waals surface area contributed by atoms with Crippen molar-refractivity contribution in [3.63, 3.8) is 0 Å². The molecule has 3 amide bonds. The lowest BCUT2D eigenvalue weighted by molar-refractivity contribution is -0.129. The first-order valence-corrected chi connectivity index (χ1v) is 9.19. The second kappa shape index (κ2) is 9.25. The van der Waals surface area contributed by atoms with Gasteiger partial charge in [-0.3, -0.25) is 4.79 Å². The van der Waals surface area contributed by atoms with E-state index < -0.39 is 12.6 Å². The highest BCUT2D eigenvalue weighted by molar-refractivity contribution is 5.93. The summed E-state index contributed by atoms with van der Waals surface area (Å²) in [5.41, 5.74) is 2.24. The molecule has 1 aromatic heterocycles. The summed E-state index contributed by atoms with van der Waals surface area (Å²) in [5, 5.41) is 6.35. The van der Waals surface area contributed by atoms with E-state index in [2.05, 4.69) is 15.4 Å². The third-order valence-electron chi connectivity index (χ3n) is 4.43. The number of hydrogen-bond acceptors (Lipinski definition) is 3. The van der Waals surface area contributed by atoms with Gasteiger partial charge in [-0.1, -0.05) is 12.1 Å². The number of amides is 3. The summed E-state index contributed by atoms with van der Waals surface area (Å²) in [4.78, 5) is 25.6. The van der Waals surface area contributed by atoms with E-state index in [-0.39, 0.29) is 24.7 Å². The van der Waals surface area contributed by atoms with E-state index in [1.165, 1.54) is 17.0 Å². The van der Waals surface area contributed by atoms with Crippen molar-refractivity contribution >= 4 is 28.5 Å². The topological polar surface area (TPSA) is 75.6 Å². The van der Waals surface area contributed by atoms with Crippen molar-refractivity contribution in [3.05, 3.63) is 60.3 Å². The number of rotatable bonds is 7. The van der Waals surface area contributed by atoms with Crippen LogP contribution in [0.2, 0.25) is 0 Å². The van der Waals surface area contributed by atoms with Crippen molar-refractivity contribution in [1.82, 2.24) is 14.8 Å². The van der Waals surface area contributed by atoms with Gasteiger partial charge in [0.2, 0.25) is 5.91 Å². The molecule has 0 radical (unpaired) electrons. The van der Waals surface area contributed by atoms with Gasteiger partial charge in [0.25, 0.3) is 0 Å². The van der Waals surface area contributed by atoms with Crippen molar-refractivity contribution in [2.75, 3.05) is 19.4 Å². The molecule has 30 heavy (non-hydrogen) atoms. The molecule has 0 fully saturated rings. The molecule has 9 heteroatoms. The molecule has 0 unspecified atom stereocenters. The van der Waals surface area contributed by atoms with Crippen LogP contribution in [-0.4, -0.2) is 42.1 Å². The first-order chi connectivity index (χ1) is 14.3. The van der Waals surface area contributed by atoms with Gasteiger partial charge >= 0.3 is 12.6 Å². The van der Waals surface area contributed by atoms with Crippen LogP contribution in [0.25, 0.3) is 10.9 Å². The van der Waals surface area contributed by atoms with Gasteiger partial charge in [0.1, 0.15) is 12.3 Å². The lowest BCUT2D eigenvalue weighted by Crippen LogP contribution is -2.28. The Morgan fingerprint density at radius 3 is 2.50 bits per heavy atom. The maximum Gasteiger partial charge on any atom is 0.387 e. The molecule has 2 aromatic carbocycles. The van der Waals surface area contributed by atoms with Gasteiger partial charge in [-0.2, -0.15) is 8.78 Å². The van der Waals surface area contributed by atoms with Crippen LogP contribution >= 0.6 is 0 Å². The second-order valence-electron chi connectivity index (χ2n) is 6.84. The normalized spacial score (nSPS) is 10.8. The number of nitrogens with zero attached hydrogens (tertiary/aromatic N) is 2. The summed E-state index contributed by atoms with van der Waals surface area (Å²) in [7, 11) is 3.42. The fraction of sp³-hybridized carbons (Fsp3) is 0.238. The zero-order valence-corrected chi connectivity index (χ0v) is 16.6. The number of urea groups is 1. The fourth-order valence-corrected chi connectivity index (χ4v) is 2.85. The molecule has 0 saturated heterocycles. The maximum absolute atomic E-state index is 12.2. The number of carbonyl (C=O) groups excluding carboxylic acids is 2. The molecule has 7 nitrogen and oxygen atoms in total. The molecule has 0 aliphatic heterocycles. The highest BCUT2D eigenvalue weighted by atomic mass is 19.3.